The predicted octanol–water partition coefficient (Wildman–Crippen LogP) is 1.61. The van der Waals surface area contributed by atoms with Crippen LogP contribution in [0.4, 0.5) is 0 Å². The van der Waals surface area contributed by atoms with Crippen LogP contribution in [0.3, 0.4) is 0 Å². The molecule has 0 heterocycles. The lowest BCUT2D eigenvalue weighted by molar-refractivity contribution is 0.239. The summed E-state index contributed by atoms with van der Waals surface area (Å²) in [6, 6.07) is 0. The maximum atomic E-state index is 9.72. The van der Waals surface area contributed by atoms with Crippen molar-refractivity contribution in [1.82, 2.24) is 0 Å². The summed E-state index contributed by atoms with van der Waals surface area (Å²) in [6.45, 7) is 1.86. The molecule has 1 nitrogen and oxygen atoms in total. The molecular formula is C7H11O. The van der Waals surface area contributed by atoms with Gasteiger partial charge in [-0.05, 0) is 6.42 Å². The van der Waals surface area contributed by atoms with E-state index in [0.29, 0.717) is 0 Å². The van der Waals surface area contributed by atoms with Gasteiger partial charge >= 0.3 is 0 Å². The Kier molecular flexibility index (Phi) is 6.13. The molecule has 0 bridgehead atoms. The van der Waals surface area contributed by atoms with Gasteiger partial charge in [0.15, 0.2) is 0 Å². The zero-order valence-corrected chi connectivity index (χ0v) is 5.24. The highest BCUT2D eigenvalue weighted by molar-refractivity contribution is 4.97. The highest BCUT2D eigenvalue weighted by atomic mass is 16.2. The van der Waals surface area contributed by atoms with E-state index in [1.165, 1.54) is 0 Å². The Morgan fingerprint density at radius 2 is 2.12 bits per heavy atom. The fourth-order valence-corrected chi connectivity index (χ4v) is 0.405. The zero-order valence-electron chi connectivity index (χ0n) is 5.24. The largest absolute Gasteiger partial charge is 0.223 e. The van der Waals surface area contributed by atoms with E-state index in [1.807, 2.05) is 0 Å². The van der Waals surface area contributed by atoms with E-state index in [1.54, 1.807) is 0 Å². The molecule has 0 unspecified atom stereocenters. The van der Waals surface area contributed by atoms with Crippen LogP contribution in [-0.2, 0) is 5.11 Å². The summed E-state index contributed by atoms with van der Waals surface area (Å²) < 4.78 is 0. The van der Waals surface area contributed by atoms with Crippen LogP contribution in [0, 0.1) is 11.8 Å². The van der Waals surface area contributed by atoms with Crippen LogP contribution in [-0.4, -0.2) is 6.61 Å². The third kappa shape index (κ3) is 5.52. The molecule has 45 valence electrons. The summed E-state index contributed by atoms with van der Waals surface area (Å²) >= 11 is 0. The summed E-state index contributed by atoms with van der Waals surface area (Å²) in [5.74, 6) is 5.25. The lowest BCUT2D eigenvalue weighted by Gasteiger charge is -1.81. The number of hydrogen-bond acceptors (Lipinski definition) is 0. The van der Waals surface area contributed by atoms with Crippen LogP contribution in [0.15, 0.2) is 0 Å². The minimum atomic E-state index is -0.246. The van der Waals surface area contributed by atoms with E-state index in [0.717, 1.165) is 19.3 Å². The van der Waals surface area contributed by atoms with Gasteiger partial charge in [0.05, 0.1) is 0 Å². The topological polar surface area (TPSA) is 19.9 Å². The van der Waals surface area contributed by atoms with Crippen LogP contribution in [0.2, 0.25) is 0 Å². The highest BCUT2D eigenvalue weighted by Crippen LogP contribution is 1.89. The van der Waals surface area contributed by atoms with Crippen molar-refractivity contribution in [2.45, 2.75) is 26.2 Å². The van der Waals surface area contributed by atoms with E-state index in [9.17, 15) is 5.11 Å². The van der Waals surface area contributed by atoms with Crippen LogP contribution in [0.1, 0.15) is 26.2 Å². The summed E-state index contributed by atoms with van der Waals surface area (Å²) in [7, 11) is 0. The molecule has 1 heteroatoms. The van der Waals surface area contributed by atoms with Crippen LogP contribution in [0.25, 0.3) is 0 Å². The summed E-state index contributed by atoms with van der Waals surface area (Å²) in [5.41, 5.74) is 0. The number of unbranched alkanes of at least 4 members (excludes halogenated alkanes) is 2. The molecule has 0 aromatic rings. The van der Waals surface area contributed by atoms with Gasteiger partial charge in [0.25, 0.3) is 0 Å². The second kappa shape index (κ2) is 6.52. The first-order chi connectivity index (χ1) is 3.91. The molecule has 0 N–H and O–H groups in total. The first-order valence-corrected chi connectivity index (χ1v) is 2.95. The van der Waals surface area contributed by atoms with Gasteiger partial charge in [-0.25, -0.2) is 5.11 Å². The van der Waals surface area contributed by atoms with Gasteiger partial charge in [-0.2, -0.15) is 0 Å². The van der Waals surface area contributed by atoms with Crippen LogP contribution < -0.4 is 0 Å². The molecule has 0 spiro atoms. The predicted molar refractivity (Wildman–Crippen MR) is 32.9 cm³/mol. The molecule has 0 aliphatic rings. The van der Waals surface area contributed by atoms with Gasteiger partial charge in [0, 0.05) is 6.42 Å². The fraction of sp³-hybridized carbons (Fsp3) is 0.714. The maximum absolute atomic E-state index is 9.72. The Labute approximate surface area is 50.7 Å². The average molecular weight is 111 g/mol. The molecular weight excluding hydrogens is 100 g/mol. The quantitative estimate of drug-likeness (QED) is 0.381. The van der Waals surface area contributed by atoms with E-state index >= 15 is 0 Å². The molecule has 0 rings (SSSR count). The van der Waals surface area contributed by atoms with Crippen molar-refractivity contribution in [3.8, 4) is 11.8 Å². The van der Waals surface area contributed by atoms with E-state index < -0.39 is 0 Å². The van der Waals surface area contributed by atoms with Crippen molar-refractivity contribution in [3.63, 3.8) is 0 Å². The third-order valence-electron chi connectivity index (χ3n) is 0.852. The maximum Gasteiger partial charge on any atom is 0.143 e. The second-order valence-corrected chi connectivity index (χ2v) is 1.60. The first kappa shape index (κ1) is 7.52. The van der Waals surface area contributed by atoms with Crippen molar-refractivity contribution < 1.29 is 5.11 Å². The van der Waals surface area contributed by atoms with Crippen molar-refractivity contribution in [1.29, 1.82) is 0 Å². The number of rotatable bonds is 2. The molecule has 0 aliphatic heterocycles. The van der Waals surface area contributed by atoms with Crippen LogP contribution in [0.5, 0.6) is 0 Å². The van der Waals surface area contributed by atoms with Crippen molar-refractivity contribution in [3.05, 3.63) is 0 Å². The minimum Gasteiger partial charge on any atom is -0.223 e. The molecule has 0 fully saturated rings. The van der Waals surface area contributed by atoms with E-state index in [4.69, 9.17) is 0 Å². The monoisotopic (exact) mass is 111 g/mol. The Bertz CT molecular complexity index is 86.3. The van der Waals surface area contributed by atoms with Gasteiger partial charge in [0.2, 0.25) is 0 Å². The Balaban J connectivity index is 2.90. The molecule has 1 radical (unpaired) electrons. The van der Waals surface area contributed by atoms with E-state index in [-0.39, 0.29) is 6.61 Å². The summed E-state index contributed by atoms with van der Waals surface area (Å²) in [5, 5.41) is 9.72. The molecule has 8 heavy (non-hydrogen) atoms. The third-order valence-corrected chi connectivity index (χ3v) is 0.852. The highest BCUT2D eigenvalue weighted by Gasteiger charge is 1.74. The van der Waals surface area contributed by atoms with Crippen molar-refractivity contribution in [2.75, 3.05) is 6.61 Å². The van der Waals surface area contributed by atoms with Gasteiger partial charge < -0.3 is 0 Å². The molecule has 0 aromatic carbocycles. The number of hydrogen-bond donors (Lipinski definition) is 0. The molecule has 0 saturated heterocycles. The normalized spacial score (nSPS) is 7.75. The molecule has 0 aliphatic carbocycles. The summed E-state index contributed by atoms with van der Waals surface area (Å²) in [4.78, 5) is 0. The zero-order chi connectivity index (χ0) is 6.24. The smallest absolute Gasteiger partial charge is 0.143 e. The van der Waals surface area contributed by atoms with Crippen LogP contribution >= 0.6 is 0 Å². The SMILES string of the molecule is CCCCC#CC[O]. The molecule has 0 aromatic heterocycles. The first-order valence-electron chi connectivity index (χ1n) is 2.95. The Morgan fingerprint density at radius 1 is 1.38 bits per heavy atom. The standard InChI is InChI=1S/C7H11O/c1-2-3-4-5-6-7-8/h2-4,7H2,1H3. The molecule has 0 atom stereocenters. The average Bonchev–Trinajstić information content (AvgIpc) is 1.81. The fourth-order valence-electron chi connectivity index (χ4n) is 0.405. The second-order valence-electron chi connectivity index (χ2n) is 1.60. The van der Waals surface area contributed by atoms with Crippen molar-refractivity contribution in [2.24, 2.45) is 0 Å². The van der Waals surface area contributed by atoms with Gasteiger partial charge in [-0.15, -0.1) is 5.92 Å². The molecule has 0 amide bonds. The Morgan fingerprint density at radius 3 is 2.62 bits per heavy atom. The summed E-state index contributed by atoms with van der Waals surface area (Å²) in [6.07, 6.45) is 3.17. The minimum absolute atomic E-state index is 0.246. The Hall–Kier alpha value is -0.480. The molecule has 0 saturated carbocycles. The van der Waals surface area contributed by atoms with E-state index in [2.05, 4.69) is 18.8 Å². The van der Waals surface area contributed by atoms with Gasteiger partial charge in [-0.3, -0.25) is 0 Å². The van der Waals surface area contributed by atoms with Crippen molar-refractivity contribution >= 4 is 0 Å². The lowest BCUT2D eigenvalue weighted by Crippen LogP contribution is -1.70. The lowest BCUT2D eigenvalue weighted by atomic mass is 10.2. The van der Waals surface area contributed by atoms with Gasteiger partial charge in [0.1, 0.15) is 6.61 Å². The van der Waals surface area contributed by atoms with Gasteiger partial charge in [-0.1, -0.05) is 19.3 Å².